The van der Waals surface area contributed by atoms with E-state index in [1.54, 1.807) is 0 Å². The summed E-state index contributed by atoms with van der Waals surface area (Å²) >= 11 is 0. The third-order valence-corrected chi connectivity index (χ3v) is 5.32. The van der Waals surface area contributed by atoms with E-state index < -0.39 is 0 Å². The van der Waals surface area contributed by atoms with E-state index in [0.29, 0.717) is 0 Å². The zero-order chi connectivity index (χ0) is 10.2. The maximum absolute atomic E-state index is 2.38. The van der Waals surface area contributed by atoms with Gasteiger partial charge in [0.05, 0.1) is 0 Å². The highest BCUT2D eigenvalue weighted by molar-refractivity contribution is 8.11. The van der Waals surface area contributed by atoms with Gasteiger partial charge in [0.25, 0.3) is 0 Å². The summed E-state index contributed by atoms with van der Waals surface area (Å²) in [5, 5.41) is 0. The van der Waals surface area contributed by atoms with Crippen molar-refractivity contribution in [2.24, 2.45) is 5.92 Å². The summed E-state index contributed by atoms with van der Waals surface area (Å²) in [4.78, 5) is 0. The first kappa shape index (κ1) is 12.2. The lowest BCUT2D eigenvalue weighted by molar-refractivity contribution is 0.595. The molecule has 0 aliphatic carbocycles. The Morgan fingerprint density at radius 1 is 1.21 bits per heavy atom. The van der Waals surface area contributed by atoms with Crippen molar-refractivity contribution in [3.8, 4) is 0 Å². The number of hydrogen-bond acceptors (Lipinski definition) is 0. The predicted molar refractivity (Wildman–Crippen MR) is 71.3 cm³/mol. The van der Waals surface area contributed by atoms with Crippen LogP contribution in [0.15, 0.2) is 30.3 Å². The average Bonchev–Trinajstić information content (AvgIpc) is 2.25. The van der Waals surface area contributed by atoms with E-state index in [1.165, 1.54) is 32.8 Å². The van der Waals surface area contributed by atoms with Crippen LogP contribution in [0, 0.1) is 5.92 Å². The second-order valence-corrected chi connectivity index (χ2v) is 7.58. The lowest BCUT2D eigenvalue weighted by atomic mass is 10.0. The molecule has 0 N–H and O–H groups in total. The fraction of sp³-hybridized carbons (Fsp3) is 0.500. The van der Waals surface area contributed by atoms with Crippen LogP contribution in [-0.4, -0.2) is 12.8 Å². The van der Waals surface area contributed by atoms with Crippen LogP contribution in [-0.2, 0) is 6.42 Å². The molecule has 0 nitrogen and oxygen atoms in total. The molecule has 0 bridgehead atoms. The molecule has 0 aromatic heterocycles. The highest BCUT2D eigenvalue weighted by atomic mass is 32.0. The molecular formula is C12H20P2. The van der Waals surface area contributed by atoms with E-state index in [4.69, 9.17) is 0 Å². The molecule has 0 spiro atoms. The van der Waals surface area contributed by atoms with Crippen LogP contribution < -0.4 is 0 Å². The lowest BCUT2D eigenvalue weighted by Crippen LogP contribution is -1.98. The highest BCUT2D eigenvalue weighted by Crippen LogP contribution is 2.35. The van der Waals surface area contributed by atoms with Crippen molar-refractivity contribution in [1.29, 1.82) is 0 Å². The molecule has 78 valence electrons. The van der Waals surface area contributed by atoms with Gasteiger partial charge in [0, 0.05) is 0 Å². The van der Waals surface area contributed by atoms with Crippen LogP contribution in [0.5, 0.6) is 0 Å². The van der Waals surface area contributed by atoms with E-state index >= 15 is 0 Å². The zero-order valence-corrected chi connectivity index (χ0v) is 11.1. The largest absolute Gasteiger partial charge is 0.102 e. The van der Waals surface area contributed by atoms with E-state index in [9.17, 15) is 0 Å². The third-order valence-electron chi connectivity index (χ3n) is 2.40. The number of benzene rings is 1. The van der Waals surface area contributed by atoms with Crippen molar-refractivity contribution in [1.82, 2.24) is 0 Å². The molecule has 0 saturated carbocycles. The Hall–Kier alpha value is 0.0800. The van der Waals surface area contributed by atoms with E-state index in [0.717, 1.165) is 14.2 Å². The second kappa shape index (κ2) is 7.38. The van der Waals surface area contributed by atoms with Gasteiger partial charge in [-0.1, -0.05) is 45.5 Å². The summed E-state index contributed by atoms with van der Waals surface area (Å²) in [6.45, 7) is 4.69. The molecule has 1 aromatic carbocycles. The monoisotopic (exact) mass is 226 g/mol. The van der Waals surface area contributed by atoms with Crippen LogP contribution >= 0.6 is 16.5 Å². The Bertz CT molecular complexity index is 233. The Labute approximate surface area is 91.3 Å². The fourth-order valence-electron chi connectivity index (χ4n) is 1.44. The predicted octanol–water partition coefficient (Wildman–Crippen LogP) is 4.16. The van der Waals surface area contributed by atoms with Gasteiger partial charge in [0.2, 0.25) is 0 Å². The normalized spacial score (nSPS) is 14.4. The molecule has 0 saturated heterocycles. The first-order valence-electron chi connectivity index (χ1n) is 5.26. The smallest absolute Gasteiger partial charge is 0.0276 e. The Balaban J connectivity index is 2.20. The van der Waals surface area contributed by atoms with Gasteiger partial charge in [-0.15, -0.1) is 8.27 Å². The molecule has 14 heavy (non-hydrogen) atoms. The summed E-state index contributed by atoms with van der Waals surface area (Å²) in [6, 6.07) is 10.8. The van der Waals surface area contributed by atoms with Crippen LogP contribution in [0.4, 0.5) is 0 Å². The van der Waals surface area contributed by atoms with Crippen molar-refractivity contribution >= 4 is 16.5 Å². The summed E-state index contributed by atoms with van der Waals surface area (Å²) < 4.78 is 0. The maximum Gasteiger partial charge on any atom is -0.0276 e. The minimum absolute atomic E-state index is 0.904. The van der Waals surface area contributed by atoms with Crippen LogP contribution in [0.25, 0.3) is 0 Å². The molecule has 0 fully saturated rings. The van der Waals surface area contributed by atoms with Gasteiger partial charge in [-0.3, -0.25) is 0 Å². The number of hydrogen-bond donors (Lipinski definition) is 0. The molecule has 0 radical (unpaired) electrons. The summed E-state index contributed by atoms with van der Waals surface area (Å²) in [5.74, 6) is 0.904. The molecule has 0 aliphatic rings. The second-order valence-electron chi connectivity index (χ2n) is 3.76. The highest BCUT2D eigenvalue weighted by Gasteiger charge is 2.01. The Kier molecular flexibility index (Phi) is 6.41. The van der Waals surface area contributed by atoms with Gasteiger partial charge in [-0.25, -0.2) is 0 Å². The van der Waals surface area contributed by atoms with E-state index in [1.807, 2.05) is 0 Å². The minimum atomic E-state index is 0.904. The standard InChI is InChI=1S/C12H20P2/c1-11(10-14-13-2)8-9-12-6-4-3-5-7-12/h3-7,11,13-14H,8-10H2,1-2H3. The van der Waals surface area contributed by atoms with E-state index in [2.05, 4.69) is 43.9 Å². The maximum atomic E-state index is 2.38. The molecule has 3 unspecified atom stereocenters. The van der Waals surface area contributed by atoms with Gasteiger partial charge in [0.1, 0.15) is 0 Å². The lowest BCUT2D eigenvalue weighted by Gasteiger charge is -2.10. The molecule has 3 atom stereocenters. The Morgan fingerprint density at radius 3 is 2.57 bits per heavy atom. The quantitative estimate of drug-likeness (QED) is 0.639. The van der Waals surface area contributed by atoms with Crippen LogP contribution in [0.2, 0.25) is 0 Å². The number of aryl methyl sites for hydroxylation is 1. The van der Waals surface area contributed by atoms with E-state index in [-0.39, 0.29) is 0 Å². The molecule has 0 amide bonds. The first-order chi connectivity index (χ1) is 6.83. The topological polar surface area (TPSA) is 0 Å². The minimum Gasteiger partial charge on any atom is -0.102 e. The fourth-order valence-corrected chi connectivity index (χ4v) is 3.85. The van der Waals surface area contributed by atoms with Crippen molar-refractivity contribution < 1.29 is 0 Å². The molecular weight excluding hydrogens is 206 g/mol. The molecule has 0 aliphatic heterocycles. The van der Waals surface area contributed by atoms with Crippen molar-refractivity contribution in [2.45, 2.75) is 19.8 Å². The number of rotatable bonds is 6. The zero-order valence-electron chi connectivity index (χ0n) is 9.09. The van der Waals surface area contributed by atoms with Gasteiger partial charge < -0.3 is 0 Å². The third kappa shape index (κ3) is 5.08. The molecule has 0 heterocycles. The first-order valence-corrected chi connectivity index (χ1v) is 8.97. The van der Waals surface area contributed by atoms with Gasteiger partial charge >= 0.3 is 0 Å². The van der Waals surface area contributed by atoms with Crippen LogP contribution in [0.3, 0.4) is 0 Å². The molecule has 1 aromatic rings. The van der Waals surface area contributed by atoms with Gasteiger partial charge in [-0.05, 0) is 37.1 Å². The SMILES string of the molecule is CPPCC(C)CCc1ccccc1. The van der Waals surface area contributed by atoms with Crippen molar-refractivity contribution in [3.05, 3.63) is 35.9 Å². The summed E-state index contributed by atoms with van der Waals surface area (Å²) in [5.41, 5.74) is 1.49. The molecule has 1 rings (SSSR count). The van der Waals surface area contributed by atoms with Crippen LogP contribution in [0.1, 0.15) is 18.9 Å². The average molecular weight is 226 g/mol. The van der Waals surface area contributed by atoms with Gasteiger partial charge in [-0.2, -0.15) is 0 Å². The van der Waals surface area contributed by atoms with Crippen molar-refractivity contribution in [3.63, 3.8) is 0 Å². The van der Waals surface area contributed by atoms with Crippen molar-refractivity contribution in [2.75, 3.05) is 12.8 Å². The molecule has 2 heteroatoms. The summed E-state index contributed by atoms with van der Waals surface area (Å²) in [7, 11) is 2.34. The summed E-state index contributed by atoms with van der Waals surface area (Å²) in [6.07, 6.45) is 4.03. The Morgan fingerprint density at radius 2 is 1.93 bits per heavy atom. The van der Waals surface area contributed by atoms with Gasteiger partial charge in [0.15, 0.2) is 0 Å².